The molecule has 0 heterocycles. The van der Waals surface area contributed by atoms with Gasteiger partial charge in [0, 0.05) is 5.92 Å². The highest BCUT2D eigenvalue weighted by Crippen LogP contribution is 1.93. The van der Waals surface area contributed by atoms with Gasteiger partial charge in [0.05, 0.1) is 6.21 Å². The van der Waals surface area contributed by atoms with Crippen LogP contribution in [0.3, 0.4) is 0 Å². The molecule has 0 saturated carbocycles. The van der Waals surface area contributed by atoms with E-state index in [1.165, 1.54) is 0 Å². The fourth-order valence-corrected chi connectivity index (χ4v) is 0.557. The predicted molar refractivity (Wildman–Crippen MR) is 44.1 cm³/mol. The third kappa shape index (κ3) is 5.35. The van der Waals surface area contributed by atoms with Gasteiger partial charge in [0.25, 0.3) is 0 Å². The lowest BCUT2D eigenvalue weighted by Gasteiger charge is -1.93. The van der Waals surface area contributed by atoms with Crippen molar-refractivity contribution >= 4 is 6.21 Å². The molecule has 0 N–H and O–H groups in total. The third-order valence-corrected chi connectivity index (χ3v) is 1.08. The summed E-state index contributed by atoms with van der Waals surface area (Å²) >= 11 is 0. The zero-order valence-electron chi connectivity index (χ0n) is 6.87. The first-order valence-electron chi connectivity index (χ1n) is 3.54. The van der Waals surface area contributed by atoms with Crippen molar-refractivity contribution in [3.05, 3.63) is 12.2 Å². The molecule has 0 aliphatic heterocycles. The Bertz CT molecular complexity index is 104. The molecule has 0 spiro atoms. The van der Waals surface area contributed by atoms with Crippen molar-refractivity contribution in [1.82, 2.24) is 0 Å². The van der Waals surface area contributed by atoms with Crippen molar-refractivity contribution in [2.75, 3.05) is 7.11 Å². The Morgan fingerprint density at radius 3 is 2.80 bits per heavy atom. The van der Waals surface area contributed by atoms with Gasteiger partial charge in [0.15, 0.2) is 0 Å². The van der Waals surface area contributed by atoms with Crippen LogP contribution in [0.4, 0.5) is 0 Å². The van der Waals surface area contributed by atoms with E-state index in [2.05, 4.69) is 36.0 Å². The molecule has 0 aromatic heterocycles. The molecular formula is C8H15NO. The Hall–Kier alpha value is -0.790. The average molecular weight is 141 g/mol. The maximum Gasteiger partial charge on any atom is 0.106 e. The van der Waals surface area contributed by atoms with Gasteiger partial charge in [0.1, 0.15) is 7.11 Å². The van der Waals surface area contributed by atoms with E-state index >= 15 is 0 Å². The number of rotatable bonds is 4. The summed E-state index contributed by atoms with van der Waals surface area (Å²) in [4.78, 5) is 4.53. The molecular weight excluding hydrogens is 126 g/mol. The molecule has 58 valence electrons. The fourth-order valence-electron chi connectivity index (χ4n) is 0.557. The average Bonchev–Trinajstić information content (AvgIpc) is 1.97. The fraction of sp³-hybridized carbons (Fsp3) is 0.625. The summed E-state index contributed by atoms with van der Waals surface area (Å²) in [6, 6.07) is 0. The lowest BCUT2D eigenvalue weighted by molar-refractivity contribution is 0.214. The van der Waals surface area contributed by atoms with Crippen LogP contribution in [0.2, 0.25) is 0 Å². The minimum Gasteiger partial charge on any atom is -0.399 e. The van der Waals surface area contributed by atoms with Gasteiger partial charge in [0.2, 0.25) is 0 Å². The Morgan fingerprint density at radius 1 is 1.60 bits per heavy atom. The van der Waals surface area contributed by atoms with Crippen molar-refractivity contribution < 1.29 is 4.84 Å². The minimum absolute atomic E-state index is 0.375. The zero-order chi connectivity index (χ0) is 7.82. The molecule has 2 nitrogen and oxygen atoms in total. The highest BCUT2D eigenvalue weighted by atomic mass is 16.6. The maximum absolute atomic E-state index is 4.53. The quantitative estimate of drug-likeness (QED) is 0.334. The first-order valence-corrected chi connectivity index (χ1v) is 3.54. The van der Waals surface area contributed by atoms with E-state index in [9.17, 15) is 0 Å². The van der Waals surface area contributed by atoms with Crippen LogP contribution in [0, 0.1) is 5.92 Å². The SMILES string of the molecule is CC/C=C/C(C)/C=N/OC. The molecule has 0 rings (SSSR count). The second-order valence-corrected chi connectivity index (χ2v) is 2.13. The molecule has 1 unspecified atom stereocenters. The molecule has 0 aliphatic carbocycles. The summed E-state index contributed by atoms with van der Waals surface area (Å²) in [6.45, 7) is 4.17. The Morgan fingerprint density at radius 2 is 2.30 bits per heavy atom. The molecule has 0 saturated heterocycles. The number of hydrogen-bond acceptors (Lipinski definition) is 2. The summed E-state index contributed by atoms with van der Waals surface area (Å²) in [6.07, 6.45) is 7.06. The number of allylic oxidation sites excluding steroid dienone is 2. The third-order valence-electron chi connectivity index (χ3n) is 1.08. The monoisotopic (exact) mass is 141 g/mol. The van der Waals surface area contributed by atoms with E-state index in [0.717, 1.165) is 6.42 Å². The molecule has 0 aliphatic rings. The van der Waals surface area contributed by atoms with Gasteiger partial charge in [-0.3, -0.25) is 0 Å². The van der Waals surface area contributed by atoms with Crippen LogP contribution in [0.15, 0.2) is 17.3 Å². The summed E-state index contributed by atoms with van der Waals surface area (Å²) < 4.78 is 0. The van der Waals surface area contributed by atoms with Crippen LogP contribution in [0.25, 0.3) is 0 Å². The van der Waals surface area contributed by atoms with E-state index in [-0.39, 0.29) is 0 Å². The van der Waals surface area contributed by atoms with Gasteiger partial charge in [-0.05, 0) is 6.42 Å². The number of nitrogens with zero attached hydrogens (tertiary/aromatic N) is 1. The first kappa shape index (κ1) is 9.21. The summed E-state index contributed by atoms with van der Waals surface area (Å²) in [5.41, 5.74) is 0. The van der Waals surface area contributed by atoms with Crippen molar-refractivity contribution in [3.8, 4) is 0 Å². The lowest BCUT2D eigenvalue weighted by Crippen LogP contribution is -1.90. The van der Waals surface area contributed by atoms with E-state index in [0.29, 0.717) is 5.92 Å². The lowest BCUT2D eigenvalue weighted by atomic mass is 10.2. The molecule has 10 heavy (non-hydrogen) atoms. The standard InChI is InChI=1S/C8H15NO/c1-4-5-6-8(2)7-9-10-3/h5-8H,4H2,1-3H3/b6-5+,9-7+. The molecule has 0 bridgehead atoms. The largest absolute Gasteiger partial charge is 0.399 e. The second kappa shape index (κ2) is 6.33. The van der Waals surface area contributed by atoms with Crippen LogP contribution < -0.4 is 0 Å². The van der Waals surface area contributed by atoms with Crippen molar-refractivity contribution in [2.24, 2.45) is 11.1 Å². The van der Waals surface area contributed by atoms with Gasteiger partial charge >= 0.3 is 0 Å². The van der Waals surface area contributed by atoms with Crippen LogP contribution in [-0.4, -0.2) is 13.3 Å². The highest BCUT2D eigenvalue weighted by molar-refractivity contribution is 5.61. The molecule has 0 radical (unpaired) electrons. The first-order chi connectivity index (χ1) is 4.81. The minimum atomic E-state index is 0.375. The molecule has 0 aromatic rings. The summed E-state index contributed by atoms with van der Waals surface area (Å²) in [5, 5.41) is 3.65. The Balaban J connectivity index is 3.52. The van der Waals surface area contributed by atoms with Crippen LogP contribution in [-0.2, 0) is 4.84 Å². The van der Waals surface area contributed by atoms with Crippen molar-refractivity contribution in [1.29, 1.82) is 0 Å². The molecule has 2 heteroatoms. The van der Waals surface area contributed by atoms with E-state index in [1.807, 2.05) is 0 Å². The normalized spacial score (nSPS) is 14.7. The molecule has 0 fully saturated rings. The summed E-state index contributed by atoms with van der Waals surface area (Å²) in [7, 11) is 1.55. The van der Waals surface area contributed by atoms with E-state index in [4.69, 9.17) is 0 Å². The Labute approximate surface area is 62.6 Å². The van der Waals surface area contributed by atoms with Crippen LogP contribution in [0.1, 0.15) is 20.3 Å². The van der Waals surface area contributed by atoms with Crippen LogP contribution >= 0.6 is 0 Å². The second-order valence-electron chi connectivity index (χ2n) is 2.13. The van der Waals surface area contributed by atoms with Crippen LogP contribution in [0.5, 0.6) is 0 Å². The molecule has 1 atom stereocenters. The maximum atomic E-state index is 4.53. The highest BCUT2D eigenvalue weighted by Gasteiger charge is 1.87. The predicted octanol–water partition coefficient (Wildman–Crippen LogP) is 2.22. The smallest absolute Gasteiger partial charge is 0.106 e. The van der Waals surface area contributed by atoms with Gasteiger partial charge in [-0.1, -0.05) is 31.2 Å². The molecule has 0 aromatic carbocycles. The van der Waals surface area contributed by atoms with Gasteiger partial charge < -0.3 is 4.84 Å². The summed E-state index contributed by atoms with van der Waals surface area (Å²) in [5.74, 6) is 0.375. The topological polar surface area (TPSA) is 21.6 Å². The van der Waals surface area contributed by atoms with Gasteiger partial charge in [-0.2, -0.15) is 0 Å². The van der Waals surface area contributed by atoms with Crippen molar-refractivity contribution in [2.45, 2.75) is 20.3 Å². The number of oxime groups is 1. The van der Waals surface area contributed by atoms with E-state index in [1.54, 1.807) is 13.3 Å². The molecule has 0 amide bonds. The Kier molecular flexibility index (Phi) is 5.83. The zero-order valence-corrected chi connectivity index (χ0v) is 6.87. The number of hydrogen-bond donors (Lipinski definition) is 0. The van der Waals surface area contributed by atoms with Gasteiger partial charge in [-0.25, -0.2) is 0 Å². The van der Waals surface area contributed by atoms with E-state index < -0.39 is 0 Å². The van der Waals surface area contributed by atoms with Gasteiger partial charge in [-0.15, -0.1) is 0 Å². The van der Waals surface area contributed by atoms with Crippen molar-refractivity contribution in [3.63, 3.8) is 0 Å².